The third-order valence-electron chi connectivity index (χ3n) is 1.59. The molecule has 0 aromatic heterocycles. The molecule has 0 aliphatic carbocycles. The fraction of sp³-hybridized carbons (Fsp3) is 0.889. The molecule has 13 heavy (non-hydrogen) atoms. The summed E-state index contributed by atoms with van der Waals surface area (Å²) < 4.78 is 5.09. The van der Waals surface area contributed by atoms with Crippen molar-refractivity contribution in [1.82, 2.24) is 5.32 Å². The molecule has 0 heterocycles. The number of hydrogen-bond donors (Lipinski definition) is 2. The summed E-state index contributed by atoms with van der Waals surface area (Å²) in [5, 5.41) is 11.8. The number of ether oxygens (including phenoxy) is 1. The Kier molecular flexibility index (Phi) is 6.54. The van der Waals surface area contributed by atoms with Gasteiger partial charge in [-0.1, -0.05) is 13.8 Å². The van der Waals surface area contributed by atoms with Crippen molar-refractivity contribution in [3.63, 3.8) is 0 Å². The molecule has 2 N–H and O–H groups in total. The second-order valence-electron chi connectivity index (χ2n) is 3.20. The largest absolute Gasteiger partial charge is 0.480 e. The minimum atomic E-state index is -0.812. The molecule has 1 atom stereocenters. The SMILES string of the molecule is CCOCCC(NC(C)C)C(=O)O. The van der Waals surface area contributed by atoms with Crippen molar-refractivity contribution in [3.8, 4) is 0 Å². The van der Waals surface area contributed by atoms with Gasteiger partial charge >= 0.3 is 5.97 Å². The van der Waals surface area contributed by atoms with E-state index in [0.717, 1.165) is 0 Å². The lowest BCUT2D eigenvalue weighted by Crippen LogP contribution is -2.41. The number of aliphatic carboxylic acids is 1. The zero-order chi connectivity index (χ0) is 10.3. The third kappa shape index (κ3) is 6.54. The molecule has 0 rings (SSSR count). The van der Waals surface area contributed by atoms with Crippen LogP contribution >= 0.6 is 0 Å². The van der Waals surface area contributed by atoms with Crippen molar-refractivity contribution in [3.05, 3.63) is 0 Å². The molecule has 4 nitrogen and oxygen atoms in total. The molecule has 0 fully saturated rings. The monoisotopic (exact) mass is 189 g/mol. The number of carboxylic acid groups (broad SMARTS) is 1. The molecule has 78 valence electrons. The van der Waals surface area contributed by atoms with Crippen LogP contribution in [-0.4, -0.2) is 36.4 Å². The highest BCUT2D eigenvalue weighted by Gasteiger charge is 2.17. The average Bonchev–Trinajstić information content (AvgIpc) is 2.02. The first-order valence-corrected chi connectivity index (χ1v) is 4.64. The van der Waals surface area contributed by atoms with Gasteiger partial charge in [0, 0.05) is 19.3 Å². The van der Waals surface area contributed by atoms with Crippen LogP contribution in [0.1, 0.15) is 27.2 Å². The second-order valence-corrected chi connectivity index (χ2v) is 3.20. The minimum absolute atomic E-state index is 0.183. The van der Waals surface area contributed by atoms with Crippen LogP contribution in [0.4, 0.5) is 0 Å². The lowest BCUT2D eigenvalue weighted by Gasteiger charge is -2.16. The van der Waals surface area contributed by atoms with Gasteiger partial charge in [0.2, 0.25) is 0 Å². The van der Waals surface area contributed by atoms with Gasteiger partial charge in [0.25, 0.3) is 0 Å². The molecular formula is C9H19NO3. The van der Waals surface area contributed by atoms with Crippen LogP contribution < -0.4 is 5.32 Å². The highest BCUT2D eigenvalue weighted by molar-refractivity contribution is 5.73. The van der Waals surface area contributed by atoms with E-state index in [0.29, 0.717) is 19.6 Å². The van der Waals surface area contributed by atoms with Gasteiger partial charge in [0.1, 0.15) is 6.04 Å². The molecule has 0 bridgehead atoms. The number of hydrogen-bond acceptors (Lipinski definition) is 3. The summed E-state index contributed by atoms with van der Waals surface area (Å²) in [5.41, 5.74) is 0. The van der Waals surface area contributed by atoms with Crippen molar-refractivity contribution < 1.29 is 14.6 Å². The van der Waals surface area contributed by atoms with E-state index < -0.39 is 12.0 Å². The highest BCUT2D eigenvalue weighted by Crippen LogP contribution is 1.95. The minimum Gasteiger partial charge on any atom is -0.480 e. The Morgan fingerprint density at radius 1 is 1.54 bits per heavy atom. The maximum atomic E-state index is 10.7. The molecule has 0 aliphatic heterocycles. The van der Waals surface area contributed by atoms with Crippen molar-refractivity contribution in [2.24, 2.45) is 0 Å². The number of carboxylic acids is 1. The van der Waals surface area contributed by atoms with E-state index in [2.05, 4.69) is 5.32 Å². The topological polar surface area (TPSA) is 58.6 Å². The molecule has 1 unspecified atom stereocenters. The van der Waals surface area contributed by atoms with Crippen LogP contribution in [-0.2, 0) is 9.53 Å². The summed E-state index contributed by atoms with van der Waals surface area (Å²) in [6.45, 7) is 6.88. The summed E-state index contributed by atoms with van der Waals surface area (Å²) >= 11 is 0. The molecule has 0 aromatic rings. The first-order valence-electron chi connectivity index (χ1n) is 4.64. The van der Waals surface area contributed by atoms with Gasteiger partial charge in [0.15, 0.2) is 0 Å². The smallest absolute Gasteiger partial charge is 0.320 e. The zero-order valence-corrected chi connectivity index (χ0v) is 8.54. The molecule has 0 amide bonds. The van der Waals surface area contributed by atoms with Crippen LogP contribution in [0, 0.1) is 0 Å². The fourth-order valence-corrected chi connectivity index (χ4v) is 1.03. The Bertz CT molecular complexity index is 148. The fourth-order valence-electron chi connectivity index (χ4n) is 1.03. The van der Waals surface area contributed by atoms with E-state index >= 15 is 0 Å². The summed E-state index contributed by atoms with van der Waals surface area (Å²) in [5.74, 6) is -0.812. The van der Waals surface area contributed by atoms with Crippen LogP contribution in [0.2, 0.25) is 0 Å². The lowest BCUT2D eigenvalue weighted by atomic mass is 10.2. The molecular weight excluding hydrogens is 170 g/mol. The van der Waals surface area contributed by atoms with Crippen molar-refractivity contribution >= 4 is 5.97 Å². The van der Waals surface area contributed by atoms with Crippen molar-refractivity contribution in [2.75, 3.05) is 13.2 Å². The molecule has 0 aromatic carbocycles. The Morgan fingerprint density at radius 3 is 2.54 bits per heavy atom. The predicted octanol–water partition coefficient (Wildman–Crippen LogP) is 0.864. The van der Waals surface area contributed by atoms with Crippen molar-refractivity contribution in [2.45, 2.75) is 39.3 Å². The molecule has 0 saturated heterocycles. The van der Waals surface area contributed by atoms with E-state index in [4.69, 9.17) is 9.84 Å². The lowest BCUT2D eigenvalue weighted by molar-refractivity contribution is -0.140. The summed E-state index contributed by atoms with van der Waals surface area (Å²) in [6.07, 6.45) is 0.515. The van der Waals surface area contributed by atoms with Gasteiger partial charge < -0.3 is 15.2 Å². The van der Waals surface area contributed by atoms with Gasteiger partial charge in [-0.2, -0.15) is 0 Å². The zero-order valence-electron chi connectivity index (χ0n) is 8.54. The maximum Gasteiger partial charge on any atom is 0.320 e. The summed E-state index contributed by atoms with van der Waals surface area (Å²) in [7, 11) is 0. The quantitative estimate of drug-likeness (QED) is 0.583. The van der Waals surface area contributed by atoms with Crippen molar-refractivity contribution in [1.29, 1.82) is 0 Å². The third-order valence-corrected chi connectivity index (χ3v) is 1.59. The van der Waals surface area contributed by atoms with Crippen LogP contribution in [0.3, 0.4) is 0 Å². The highest BCUT2D eigenvalue weighted by atomic mass is 16.5. The first-order chi connectivity index (χ1) is 6.07. The molecule has 0 aliphatic rings. The predicted molar refractivity (Wildman–Crippen MR) is 50.8 cm³/mol. The van der Waals surface area contributed by atoms with E-state index in [1.807, 2.05) is 20.8 Å². The van der Waals surface area contributed by atoms with Crippen LogP contribution in [0.5, 0.6) is 0 Å². The number of rotatable bonds is 7. The Labute approximate surface area is 79.3 Å². The van der Waals surface area contributed by atoms with Gasteiger partial charge in [-0.3, -0.25) is 4.79 Å². The molecule has 0 saturated carbocycles. The number of nitrogens with one attached hydrogen (secondary N) is 1. The van der Waals surface area contributed by atoms with E-state index in [9.17, 15) is 4.79 Å². The Morgan fingerprint density at radius 2 is 2.15 bits per heavy atom. The molecule has 0 spiro atoms. The normalized spacial score (nSPS) is 13.2. The summed E-state index contributed by atoms with van der Waals surface area (Å²) in [6, 6.07) is -0.311. The Hall–Kier alpha value is -0.610. The van der Waals surface area contributed by atoms with Crippen LogP contribution in [0.25, 0.3) is 0 Å². The average molecular weight is 189 g/mol. The van der Waals surface area contributed by atoms with E-state index in [-0.39, 0.29) is 6.04 Å². The molecule has 4 heteroatoms. The summed E-state index contributed by atoms with van der Waals surface area (Å²) in [4.78, 5) is 10.7. The van der Waals surface area contributed by atoms with Gasteiger partial charge in [-0.15, -0.1) is 0 Å². The number of carbonyl (C=O) groups is 1. The molecule has 0 radical (unpaired) electrons. The maximum absolute atomic E-state index is 10.7. The standard InChI is InChI=1S/C9H19NO3/c1-4-13-6-5-8(9(11)12)10-7(2)3/h7-8,10H,4-6H2,1-3H3,(H,11,12). The van der Waals surface area contributed by atoms with Gasteiger partial charge in [-0.25, -0.2) is 0 Å². The van der Waals surface area contributed by atoms with E-state index in [1.165, 1.54) is 0 Å². The second kappa shape index (κ2) is 6.86. The van der Waals surface area contributed by atoms with Gasteiger partial charge in [0.05, 0.1) is 0 Å². The Balaban J connectivity index is 3.74. The van der Waals surface area contributed by atoms with Gasteiger partial charge in [-0.05, 0) is 13.3 Å². The van der Waals surface area contributed by atoms with Crippen LogP contribution in [0.15, 0.2) is 0 Å². The van der Waals surface area contributed by atoms with E-state index in [1.54, 1.807) is 0 Å². The first kappa shape index (κ1) is 12.4.